The number of hydrogen-bond acceptors (Lipinski definition) is 7. The Hall–Kier alpha value is -3.20. The third kappa shape index (κ3) is 7.81. The van der Waals surface area contributed by atoms with Crippen LogP contribution in [0.2, 0.25) is 0 Å². The van der Waals surface area contributed by atoms with Crippen LogP contribution in [0, 0.1) is 6.92 Å². The van der Waals surface area contributed by atoms with E-state index in [0.717, 1.165) is 11.3 Å². The first-order chi connectivity index (χ1) is 15.2. The summed E-state index contributed by atoms with van der Waals surface area (Å²) in [5, 5.41) is 8.84. The summed E-state index contributed by atoms with van der Waals surface area (Å²) in [7, 11) is 3.66. The van der Waals surface area contributed by atoms with Gasteiger partial charge in [-0.1, -0.05) is 26.0 Å². The molecule has 2 rings (SSSR count). The Labute approximate surface area is 191 Å². The number of anilines is 3. The minimum atomic E-state index is -0.643. The Morgan fingerprint density at radius 1 is 1.19 bits per heavy atom. The van der Waals surface area contributed by atoms with Crippen LogP contribution in [0.15, 0.2) is 24.3 Å². The monoisotopic (exact) mass is 443 g/mol. The minimum absolute atomic E-state index is 0.0467. The third-order valence-electron chi connectivity index (χ3n) is 4.65. The van der Waals surface area contributed by atoms with E-state index in [2.05, 4.69) is 39.8 Å². The second-order valence-electron chi connectivity index (χ2n) is 7.35. The maximum Gasteiger partial charge on any atom is 0.271 e. The average molecular weight is 444 g/mol. The zero-order valence-corrected chi connectivity index (χ0v) is 20.2. The molecule has 0 fully saturated rings. The van der Waals surface area contributed by atoms with E-state index in [1.54, 1.807) is 14.0 Å². The normalized spacial score (nSPS) is 10.2. The topological polar surface area (TPSA) is 125 Å². The molecule has 5 N–H and O–H groups in total. The van der Waals surface area contributed by atoms with Crippen molar-refractivity contribution in [2.75, 3.05) is 37.4 Å². The number of carbonyl (C=O) groups is 2. The summed E-state index contributed by atoms with van der Waals surface area (Å²) in [6, 6.07) is 7.92. The van der Waals surface area contributed by atoms with Crippen molar-refractivity contribution in [3.8, 4) is 0 Å². The molecule has 0 aliphatic carbocycles. The molecule has 0 unspecified atom stereocenters. The smallest absolute Gasteiger partial charge is 0.271 e. The van der Waals surface area contributed by atoms with Crippen molar-refractivity contribution in [3.63, 3.8) is 0 Å². The zero-order valence-electron chi connectivity index (χ0n) is 20.2. The van der Waals surface area contributed by atoms with Crippen molar-refractivity contribution >= 4 is 29.1 Å². The molecule has 32 heavy (non-hydrogen) atoms. The second-order valence-corrected chi connectivity index (χ2v) is 7.35. The van der Waals surface area contributed by atoms with E-state index in [9.17, 15) is 9.59 Å². The van der Waals surface area contributed by atoms with E-state index in [1.807, 2.05) is 50.1 Å². The molecule has 1 aromatic carbocycles. The molecule has 0 bridgehead atoms. The Kier molecular flexibility index (Phi) is 11.1. The van der Waals surface area contributed by atoms with Gasteiger partial charge >= 0.3 is 0 Å². The molecular weight excluding hydrogens is 406 g/mol. The highest BCUT2D eigenvalue weighted by molar-refractivity contribution is 5.96. The molecule has 0 radical (unpaired) electrons. The van der Waals surface area contributed by atoms with Gasteiger partial charge < -0.3 is 26.6 Å². The molecule has 1 heterocycles. The first-order valence-corrected chi connectivity index (χ1v) is 10.9. The summed E-state index contributed by atoms with van der Waals surface area (Å²) in [6.07, 6.45) is 0.675. The number of aryl methyl sites for hydroxylation is 1. The summed E-state index contributed by atoms with van der Waals surface area (Å²) in [4.78, 5) is 34.5. The summed E-state index contributed by atoms with van der Waals surface area (Å²) >= 11 is 0. The van der Waals surface area contributed by atoms with Crippen molar-refractivity contribution in [2.45, 2.75) is 47.1 Å². The highest BCUT2D eigenvalue weighted by atomic mass is 16.2. The Balaban J connectivity index is 0.00000249. The van der Waals surface area contributed by atoms with Gasteiger partial charge in [-0.05, 0) is 51.9 Å². The molecule has 2 aromatic rings. The highest BCUT2D eigenvalue weighted by Crippen LogP contribution is 2.24. The van der Waals surface area contributed by atoms with Crippen LogP contribution in [0.3, 0.4) is 0 Å². The highest BCUT2D eigenvalue weighted by Gasteiger charge is 2.19. The van der Waals surface area contributed by atoms with Crippen LogP contribution in [-0.2, 0) is 11.2 Å². The number of primary amides is 1. The van der Waals surface area contributed by atoms with E-state index in [-0.39, 0.29) is 24.2 Å². The summed E-state index contributed by atoms with van der Waals surface area (Å²) in [5.74, 6) is 0.306. The lowest BCUT2D eigenvalue weighted by molar-refractivity contribution is -0.120. The Bertz CT molecular complexity index is 900. The molecule has 0 saturated heterocycles. The Morgan fingerprint density at radius 3 is 2.47 bits per heavy atom. The molecule has 9 nitrogen and oxygen atoms in total. The van der Waals surface area contributed by atoms with Crippen LogP contribution in [0.1, 0.15) is 49.4 Å². The number of likely N-dealkylation sites (N-methyl/N-ethyl adjacent to an activating group) is 1. The number of rotatable bonds is 10. The molecule has 0 atom stereocenters. The first kappa shape index (κ1) is 26.8. The van der Waals surface area contributed by atoms with Gasteiger partial charge in [-0.25, -0.2) is 9.97 Å². The first-order valence-electron chi connectivity index (χ1n) is 10.9. The van der Waals surface area contributed by atoms with Crippen molar-refractivity contribution in [1.82, 2.24) is 20.6 Å². The van der Waals surface area contributed by atoms with Gasteiger partial charge in [0.2, 0.25) is 5.91 Å². The average Bonchev–Trinajstić information content (AvgIpc) is 2.76. The van der Waals surface area contributed by atoms with Gasteiger partial charge in [-0.2, -0.15) is 0 Å². The fourth-order valence-electron chi connectivity index (χ4n) is 2.86. The van der Waals surface area contributed by atoms with Gasteiger partial charge in [0, 0.05) is 25.3 Å². The van der Waals surface area contributed by atoms with Gasteiger partial charge in [0.1, 0.15) is 0 Å². The molecule has 9 heteroatoms. The van der Waals surface area contributed by atoms with Crippen LogP contribution in [0.25, 0.3) is 0 Å². The molecule has 0 spiro atoms. The fourth-order valence-corrected chi connectivity index (χ4v) is 2.86. The molecule has 176 valence electrons. The van der Waals surface area contributed by atoms with E-state index in [4.69, 9.17) is 5.73 Å². The standard InChI is InChI=1S/C21H31N7O2.C2H6/c1-13(2)28(5)21-14(3)25-18(19(22)30)20(27-21)26-16-8-6-7-15(11-16)9-10-24-17(29)12-23-4;1-2/h6-8,11,13,23H,9-10,12H2,1-5H3,(H2,22,30)(H,24,29)(H,26,27);1-2H3. The number of benzene rings is 1. The van der Waals surface area contributed by atoms with Gasteiger partial charge in [0.15, 0.2) is 17.3 Å². The SMILES string of the molecule is CC.CNCC(=O)NCCc1cccc(Nc2nc(N(C)C(C)C)c(C)nc2C(N)=O)c1. The molecule has 2 amide bonds. The lowest BCUT2D eigenvalue weighted by Crippen LogP contribution is -2.33. The van der Waals surface area contributed by atoms with E-state index in [0.29, 0.717) is 30.3 Å². The lowest BCUT2D eigenvalue weighted by Gasteiger charge is -2.25. The number of carbonyl (C=O) groups excluding carboxylic acids is 2. The van der Waals surface area contributed by atoms with Crippen LogP contribution >= 0.6 is 0 Å². The van der Waals surface area contributed by atoms with Crippen molar-refractivity contribution in [2.24, 2.45) is 5.73 Å². The predicted molar refractivity (Wildman–Crippen MR) is 131 cm³/mol. The summed E-state index contributed by atoms with van der Waals surface area (Å²) < 4.78 is 0. The van der Waals surface area contributed by atoms with Crippen molar-refractivity contribution < 1.29 is 9.59 Å². The lowest BCUT2D eigenvalue weighted by atomic mass is 10.1. The van der Waals surface area contributed by atoms with Gasteiger partial charge in [-0.15, -0.1) is 0 Å². The minimum Gasteiger partial charge on any atom is -0.364 e. The number of nitrogens with two attached hydrogens (primary N) is 1. The van der Waals surface area contributed by atoms with Crippen LogP contribution in [-0.4, -0.2) is 55.0 Å². The number of nitrogens with one attached hydrogen (secondary N) is 3. The van der Waals surface area contributed by atoms with Crippen LogP contribution in [0.5, 0.6) is 0 Å². The van der Waals surface area contributed by atoms with Crippen LogP contribution in [0.4, 0.5) is 17.3 Å². The molecule has 0 saturated carbocycles. The molecule has 1 aromatic heterocycles. The fraction of sp³-hybridized carbons (Fsp3) is 0.478. The third-order valence-corrected chi connectivity index (χ3v) is 4.65. The molecular formula is C23H37N7O2. The quantitative estimate of drug-likeness (QED) is 0.444. The van der Waals surface area contributed by atoms with E-state index in [1.165, 1.54) is 0 Å². The van der Waals surface area contributed by atoms with Crippen molar-refractivity contribution in [3.05, 3.63) is 41.2 Å². The molecule has 0 aliphatic rings. The van der Waals surface area contributed by atoms with Gasteiger partial charge in [0.25, 0.3) is 5.91 Å². The van der Waals surface area contributed by atoms with E-state index >= 15 is 0 Å². The predicted octanol–water partition coefficient (Wildman–Crippen LogP) is 2.38. The summed E-state index contributed by atoms with van der Waals surface area (Å²) in [5.41, 5.74) is 8.05. The van der Waals surface area contributed by atoms with E-state index < -0.39 is 5.91 Å². The number of nitrogens with zero attached hydrogens (tertiary/aromatic N) is 3. The maximum absolute atomic E-state index is 11.9. The largest absolute Gasteiger partial charge is 0.364 e. The second kappa shape index (κ2) is 13.3. The maximum atomic E-state index is 11.9. The molecule has 0 aliphatic heterocycles. The van der Waals surface area contributed by atoms with Gasteiger partial charge in [0.05, 0.1) is 12.2 Å². The van der Waals surface area contributed by atoms with Crippen molar-refractivity contribution in [1.29, 1.82) is 0 Å². The zero-order chi connectivity index (χ0) is 24.3. The number of amides is 2. The Morgan fingerprint density at radius 2 is 1.88 bits per heavy atom. The van der Waals surface area contributed by atoms with Crippen LogP contribution < -0.4 is 26.6 Å². The number of aromatic nitrogens is 2. The van der Waals surface area contributed by atoms with Gasteiger partial charge in [-0.3, -0.25) is 9.59 Å². The summed E-state index contributed by atoms with van der Waals surface area (Å²) in [6.45, 7) is 10.7. The number of hydrogen-bond donors (Lipinski definition) is 4.